The second-order valence-corrected chi connectivity index (χ2v) is 9.36. The Morgan fingerprint density at radius 3 is 2.29 bits per heavy atom. The number of anilines is 1. The largest absolute Gasteiger partial charge is 0.416 e. The van der Waals surface area contributed by atoms with Crippen LogP contribution >= 0.6 is 0 Å². The Labute approximate surface area is 197 Å². The zero-order chi connectivity index (χ0) is 25.5. The van der Waals surface area contributed by atoms with Gasteiger partial charge in [0, 0.05) is 5.56 Å². The van der Waals surface area contributed by atoms with Gasteiger partial charge in [-0.2, -0.15) is 26.7 Å². The number of aromatic nitrogens is 2. The van der Waals surface area contributed by atoms with E-state index in [2.05, 4.69) is 16.0 Å². The van der Waals surface area contributed by atoms with Gasteiger partial charge in [-0.3, -0.25) is 25.1 Å². The smallest absolute Gasteiger partial charge is 0.294 e. The second-order valence-electron chi connectivity index (χ2n) is 8.01. The molecule has 35 heavy (non-hydrogen) atoms. The van der Waals surface area contributed by atoms with Crippen LogP contribution in [0.1, 0.15) is 57.3 Å². The molecule has 0 fully saturated rings. The molecule has 2 aromatic carbocycles. The number of nitrogens with zero attached hydrogens (tertiary/aromatic N) is 2. The molecule has 13 heteroatoms. The first kappa shape index (κ1) is 24.4. The lowest BCUT2D eigenvalue weighted by molar-refractivity contribution is -0.137. The average molecular weight is 510 g/mol. The van der Waals surface area contributed by atoms with E-state index in [0.717, 1.165) is 36.4 Å². The minimum absolute atomic E-state index is 0.0215. The Kier molecular flexibility index (Phi) is 6.13. The van der Waals surface area contributed by atoms with Crippen molar-refractivity contribution in [2.45, 2.75) is 36.4 Å². The molecule has 0 saturated carbocycles. The molecule has 2 atom stereocenters. The van der Waals surface area contributed by atoms with Crippen LogP contribution in [0.4, 0.5) is 22.7 Å². The minimum Gasteiger partial charge on any atom is -0.294 e. The van der Waals surface area contributed by atoms with Gasteiger partial charge >= 0.3 is 16.4 Å². The van der Waals surface area contributed by atoms with Gasteiger partial charge in [-0.05, 0) is 55.3 Å². The first-order valence-electron chi connectivity index (χ1n) is 10.3. The molecule has 8 nitrogen and oxygen atoms in total. The van der Waals surface area contributed by atoms with Gasteiger partial charge in [0.05, 0.1) is 28.6 Å². The predicted octanol–water partition coefficient (Wildman–Crippen LogP) is 4.25. The van der Waals surface area contributed by atoms with Gasteiger partial charge in [0.2, 0.25) is 0 Å². The van der Waals surface area contributed by atoms with Crippen LogP contribution in [0.25, 0.3) is 0 Å². The van der Waals surface area contributed by atoms with E-state index in [4.69, 9.17) is 0 Å². The van der Waals surface area contributed by atoms with Crippen molar-refractivity contribution in [3.63, 3.8) is 0 Å². The summed E-state index contributed by atoms with van der Waals surface area (Å²) in [6.45, 7) is 1.81. The Hall–Kier alpha value is -3.74. The number of carbonyl (C=O) groups excluding carboxylic acids is 2. The van der Waals surface area contributed by atoms with Crippen molar-refractivity contribution in [1.82, 2.24) is 15.2 Å². The van der Waals surface area contributed by atoms with Crippen molar-refractivity contribution in [2.24, 2.45) is 0 Å². The molecule has 184 valence electrons. The van der Waals surface area contributed by atoms with Gasteiger partial charge in [-0.15, -0.1) is 3.89 Å². The van der Waals surface area contributed by atoms with Crippen molar-refractivity contribution in [3.8, 4) is 0 Å². The average Bonchev–Trinajstić information content (AvgIpc) is 3.24. The lowest BCUT2D eigenvalue weighted by atomic mass is 9.84. The van der Waals surface area contributed by atoms with E-state index in [1.807, 2.05) is 6.92 Å². The number of ketones is 1. The van der Waals surface area contributed by atoms with Crippen LogP contribution in [0.3, 0.4) is 0 Å². The number of hydrogen-bond donors (Lipinski definition) is 2. The van der Waals surface area contributed by atoms with Crippen LogP contribution in [-0.4, -0.2) is 29.9 Å². The number of halogens is 4. The van der Waals surface area contributed by atoms with Gasteiger partial charge in [0.15, 0.2) is 5.78 Å². The molecule has 0 saturated heterocycles. The molecule has 0 spiro atoms. The number of Topliss-reactive ketones (excluding diaryl/α,β-unsaturated/α-hetero) is 1. The lowest BCUT2D eigenvalue weighted by Crippen LogP contribution is -2.32. The van der Waals surface area contributed by atoms with E-state index < -0.39 is 38.7 Å². The third kappa shape index (κ3) is 4.90. The molecule has 1 aromatic heterocycles. The van der Waals surface area contributed by atoms with Gasteiger partial charge in [0.1, 0.15) is 11.4 Å². The third-order valence-electron chi connectivity index (χ3n) is 5.69. The number of amides is 1. The molecule has 1 aliphatic heterocycles. The summed E-state index contributed by atoms with van der Waals surface area (Å²) in [5.41, 5.74) is 4.92. The summed E-state index contributed by atoms with van der Waals surface area (Å²) in [4.78, 5) is 25.0. The van der Waals surface area contributed by atoms with Crippen molar-refractivity contribution in [2.75, 3.05) is 5.43 Å². The van der Waals surface area contributed by atoms with Gasteiger partial charge in [-0.25, -0.2) is 0 Å². The number of rotatable bonds is 5. The lowest BCUT2D eigenvalue weighted by Gasteiger charge is -2.28. The first-order valence-corrected chi connectivity index (χ1v) is 11.6. The van der Waals surface area contributed by atoms with E-state index in [9.17, 15) is 35.1 Å². The number of hydrazine groups is 1. The number of hydrogen-bond acceptors (Lipinski definition) is 6. The molecule has 0 bridgehead atoms. The zero-order valence-electron chi connectivity index (χ0n) is 18.0. The first-order chi connectivity index (χ1) is 16.4. The van der Waals surface area contributed by atoms with Crippen LogP contribution in [0.5, 0.6) is 0 Å². The molecule has 2 N–H and O–H groups in total. The van der Waals surface area contributed by atoms with Crippen LogP contribution in [-0.2, 0) is 16.4 Å². The van der Waals surface area contributed by atoms with E-state index in [1.165, 1.54) is 23.0 Å². The number of fused-ring (bicyclic) bond motifs is 1. The van der Waals surface area contributed by atoms with Crippen molar-refractivity contribution in [1.29, 1.82) is 0 Å². The van der Waals surface area contributed by atoms with Crippen LogP contribution < -0.4 is 10.9 Å². The van der Waals surface area contributed by atoms with E-state index in [-0.39, 0.29) is 28.8 Å². The summed E-state index contributed by atoms with van der Waals surface area (Å²) >= 11 is 0. The van der Waals surface area contributed by atoms with Gasteiger partial charge < -0.3 is 0 Å². The Bertz CT molecular complexity index is 1380. The number of nitrogens with one attached hydrogen (secondary N) is 2. The van der Waals surface area contributed by atoms with Crippen molar-refractivity contribution >= 4 is 27.6 Å². The number of carbonyl (C=O) groups is 2. The molecule has 3 aromatic rings. The van der Waals surface area contributed by atoms with Crippen LogP contribution in [0.15, 0.2) is 59.6 Å². The fourth-order valence-corrected chi connectivity index (χ4v) is 4.36. The molecule has 0 radical (unpaired) electrons. The quantitative estimate of drug-likeness (QED) is 0.302. The molecule has 2 heterocycles. The molecule has 4 rings (SSSR count). The predicted molar refractivity (Wildman–Crippen MR) is 116 cm³/mol. The highest BCUT2D eigenvalue weighted by Crippen LogP contribution is 2.38. The summed E-state index contributed by atoms with van der Waals surface area (Å²) < 4.78 is 75.0. The minimum atomic E-state index is -4.90. The van der Waals surface area contributed by atoms with Crippen molar-refractivity contribution < 1.29 is 35.1 Å². The summed E-state index contributed by atoms with van der Waals surface area (Å²) in [6.07, 6.45) is -2.83. The maximum absolute atomic E-state index is 13.2. The summed E-state index contributed by atoms with van der Waals surface area (Å²) in [6, 6.07) is 8.26. The molecular formula is C22H18F4N4O4S. The molecule has 1 aliphatic rings. The molecule has 0 aliphatic carbocycles. The highest BCUT2D eigenvalue weighted by atomic mass is 32.3. The number of benzene rings is 2. The third-order valence-corrected chi connectivity index (χ3v) is 6.52. The van der Waals surface area contributed by atoms with Crippen molar-refractivity contribution in [3.05, 3.63) is 77.1 Å². The van der Waals surface area contributed by atoms with Gasteiger partial charge in [-0.1, -0.05) is 12.1 Å². The number of alkyl halides is 3. The maximum atomic E-state index is 13.2. The topological polar surface area (TPSA) is 110 Å². The zero-order valence-corrected chi connectivity index (χ0v) is 18.8. The maximum Gasteiger partial charge on any atom is 0.416 e. The molecule has 1 amide bonds. The summed E-state index contributed by atoms with van der Waals surface area (Å²) in [5.74, 6) is -1.78. The standard InChI is InChI=1S/C22H18F4N4O4S/c1-12-10-17(13-2-6-15(7-3-13)22(23,24)25)20(31)19-18(11-27-30(12)19)28-29-21(32)14-4-8-16(9-5-14)35(26,33)34/h2-9,11-12,17,28H,10H2,1H3,(H,29,32)/t12-,17?/m0/s1. The highest BCUT2D eigenvalue weighted by Gasteiger charge is 2.37. The van der Waals surface area contributed by atoms with Crippen LogP contribution in [0, 0.1) is 0 Å². The highest BCUT2D eigenvalue weighted by molar-refractivity contribution is 7.86. The second kappa shape index (κ2) is 8.80. The fourth-order valence-electron chi connectivity index (χ4n) is 3.90. The molecular weight excluding hydrogens is 492 g/mol. The summed E-state index contributed by atoms with van der Waals surface area (Å²) in [7, 11) is -4.90. The van der Waals surface area contributed by atoms with E-state index >= 15 is 0 Å². The van der Waals surface area contributed by atoms with Gasteiger partial charge in [0.25, 0.3) is 5.91 Å². The normalized spacial score (nSPS) is 18.1. The van der Waals surface area contributed by atoms with Crippen LogP contribution in [0.2, 0.25) is 0 Å². The molecule has 1 unspecified atom stereocenters. The SMILES string of the molecule is C[C@H]1CC(c2ccc(C(F)(F)F)cc2)C(=O)c2c(NNC(=O)c3ccc(S(=O)(=O)F)cc3)cnn21. The Morgan fingerprint density at radius 1 is 1.09 bits per heavy atom. The van der Waals surface area contributed by atoms with E-state index in [0.29, 0.717) is 12.0 Å². The fraction of sp³-hybridized carbons (Fsp3) is 0.227. The van der Waals surface area contributed by atoms with E-state index in [1.54, 1.807) is 0 Å². The Morgan fingerprint density at radius 2 is 1.71 bits per heavy atom. The summed E-state index contributed by atoms with van der Waals surface area (Å²) in [5, 5.41) is 4.18. The Balaban J connectivity index is 1.52. The monoisotopic (exact) mass is 510 g/mol.